The first-order valence-electron chi connectivity index (χ1n) is 8.52. The van der Waals surface area contributed by atoms with Crippen LogP contribution in [0.5, 0.6) is 11.5 Å². The largest absolute Gasteiger partial charge is 0.493 e. The smallest absolute Gasteiger partial charge is 0.344 e. The fraction of sp³-hybridized carbons (Fsp3) is 0.238. The Morgan fingerprint density at radius 2 is 1.81 bits per heavy atom. The molecule has 6 heteroatoms. The van der Waals surface area contributed by atoms with E-state index in [4.69, 9.17) is 14.2 Å². The van der Waals surface area contributed by atoms with E-state index in [2.05, 4.69) is 5.32 Å². The molecule has 2 aromatic carbocycles. The molecule has 6 nitrogen and oxygen atoms in total. The Bertz CT molecular complexity index is 786. The van der Waals surface area contributed by atoms with Gasteiger partial charge >= 0.3 is 5.97 Å². The zero-order valence-corrected chi connectivity index (χ0v) is 15.4. The number of rotatable bonds is 9. The Kier molecular flexibility index (Phi) is 7.91. The van der Waals surface area contributed by atoms with Crippen molar-refractivity contribution in [3.63, 3.8) is 0 Å². The third-order valence-electron chi connectivity index (χ3n) is 3.59. The van der Waals surface area contributed by atoms with Crippen LogP contribution in [0, 0.1) is 0 Å². The Balaban J connectivity index is 1.75. The van der Waals surface area contributed by atoms with Gasteiger partial charge in [0.15, 0.2) is 24.7 Å². The molecule has 27 heavy (non-hydrogen) atoms. The topological polar surface area (TPSA) is 73.9 Å². The molecule has 0 radical (unpaired) electrons. The van der Waals surface area contributed by atoms with Crippen molar-refractivity contribution >= 4 is 18.0 Å². The Morgan fingerprint density at radius 1 is 1.04 bits per heavy atom. The number of hydrogen-bond acceptors (Lipinski definition) is 5. The summed E-state index contributed by atoms with van der Waals surface area (Å²) in [6, 6.07) is 14.8. The van der Waals surface area contributed by atoms with E-state index in [0.717, 1.165) is 11.1 Å². The summed E-state index contributed by atoms with van der Waals surface area (Å²) < 4.78 is 15.6. The first-order valence-corrected chi connectivity index (χ1v) is 8.52. The number of hydrogen-bond donors (Lipinski definition) is 1. The van der Waals surface area contributed by atoms with E-state index < -0.39 is 5.97 Å². The van der Waals surface area contributed by atoms with Crippen LogP contribution >= 0.6 is 0 Å². The lowest BCUT2D eigenvalue weighted by molar-refractivity contribution is -0.150. The van der Waals surface area contributed by atoms with Gasteiger partial charge in [-0.1, -0.05) is 48.6 Å². The molecule has 2 rings (SSSR count). The van der Waals surface area contributed by atoms with E-state index in [1.54, 1.807) is 12.1 Å². The van der Waals surface area contributed by atoms with Crippen LogP contribution in [0.4, 0.5) is 0 Å². The summed E-state index contributed by atoms with van der Waals surface area (Å²) in [6.07, 6.45) is 3.84. The third kappa shape index (κ3) is 6.86. The second-order valence-electron chi connectivity index (χ2n) is 5.62. The Morgan fingerprint density at radius 3 is 2.52 bits per heavy atom. The van der Waals surface area contributed by atoms with Crippen LogP contribution in [-0.2, 0) is 20.9 Å². The minimum Gasteiger partial charge on any atom is -0.493 e. The number of carbonyl (C=O) groups excluding carboxylic acids is 2. The summed E-state index contributed by atoms with van der Waals surface area (Å²) in [5.74, 6) is -0.0693. The molecule has 142 valence electrons. The quantitative estimate of drug-likeness (QED) is 0.688. The number of methoxy groups -OCH3 is 1. The molecule has 0 saturated carbocycles. The number of carbonyl (C=O) groups is 2. The van der Waals surface area contributed by atoms with Crippen molar-refractivity contribution in [3.05, 3.63) is 65.7 Å². The third-order valence-corrected chi connectivity index (χ3v) is 3.59. The summed E-state index contributed by atoms with van der Waals surface area (Å²) in [5.41, 5.74) is 1.92. The molecule has 1 amide bonds. The standard InChI is InChI=1S/C21H23NO5/c1-3-7-16-10-11-18(19(12-16)25-2)26-15-21(24)27-14-20(23)22-13-17-8-5-4-6-9-17/h3-12H,13-15H2,1-2H3,(H,22,23)/b7-3+. The van der Waals surface area contributed by atoms with Crippen LogP contribution in [0.1, 0.15) is 18.1 Å². The molecular formula is C21H23NO5. The molecule has 0 aliphatic carbocycles. The number of ether oxygens (including phenoxy) is 3. The lowest BCUT2D eigenvalue weighted by Gasteiger charge is -2.11. The Labute approximate surface area is 158 Å². The summed E-state index contributed by atoms with van der Waals surface area (Å²) in [7, 11) is 1.52. The van der Waals surface area contributed by atoms with Crippen LogP contribution in [0.25, 0.3) is 6.08 Å². The second kappa shape index (κ2) is 10.7. The van der Waals surface area contributed by atoms with Crippen molar-refractivity contribution in [3.8, 4) is 11.5 Å². The maximum atomic E-state index is 11.8. The van der Waals surface area contributed by atoms with Gasteiger partial charge in [0.05, 0.1) is 7.11 Å². The van der Waals surface area contributed by atoms with E-state index >= 15 is 0 Å². The number of amides is 1. The van der Waals surface area contributed by atoms with E-state index in [1.807, 2.05) is 55.5 Å². The number of nitrogens with one attached hydrogen (secondary N) is 1. The van der Waals surface area contributed by atoms with Crippen molar-refractivity contribution < 1.29 is 23.8 Å². The van der Waals surface area contributed by atoms with E-state index in [1.165, 1.54) is 7.11 Å². The predicted octanol–water partition coefficient (Wildman–Crippen LogP) is 2.97. The van der Waals surface area contributed by atoms with Crippen molar-refractivity contribution in [1.29, 1.82) is 0 Å². The molecule has 0 bridgehead atoms. The van der Waals surface area contributed by atoms with Crippen LogP contribution in [-0.4, -0.2) is 32.2 Å². The average Bonchev–Trinajstić information content (AvgIpc) is 2.70. The highest BCUT2D eigenvalue weighted by Crippen LogP contribution is 2.28. The van der Waals surface area contributed by atoms with Gasteiger partial charge in [-0.05, 0) is 30.2 Å². The molecule has 0 unspecified atom stereocenters. The first-order chi connectivity index (χ1) is 13.1. The molecule has 0 aliphatic heterocycles. The van der Waals surface area contributed by atoms with Gasteiger partial charge in [0.1, 0.15) is 0 Å². The van der Waals surface area contributed by atoms with Gasteiger partial charge in [-0.15, -0.1) is 0 Å². The van der Waals surface area contributed by atoms with Gasteiger partial charge in [-0.3, -0.25) is 4.79 Å². The SMILES string of the molecule is C/C=C/c1ccc(OCC(=O)OCC(=O)NCc2ccccc2)c(OC)c1. The molecule has 0 aliphatic rings. The fourth-order valence-electron chi connectivity index (χ4n) is 2.27. The molecule has 0 spiro atoms. The molecule has 0 fully saturated rings. The maximum absolute atomic E-state index is 11.8. The fourth-order valence-corrected chi connectivity index (χ4v) is 2.27. The van der Waals surface area contributed by atoms with Crippen molar-refractivity contribution in [2.45, 2.75) is 13.5 Å². The van der Waals surface area contributed by atoms with Crippen LogP contribution < -0.4 is 14.8 Å². The van der Waals surface area contributed by atoms with E-state index in [-0.39, 0.29) is 19.1 Å². The molecule has 1 N–H and O–H groups in total. The highest BCUT2D eigenvalue weighted by molar-refractivity contribution is 5.80. The normalized spacial score (nSPS) is 10.4. The molecule has 0 aromatic heterocycles. The number of esters is 1. The van der Waals surface area contributed by atoms with Crippen LogP contribution in [0.15, 0.2) is 54.6 Å². The van der Waals surface area contributed by atoms with Crippen molar-refractivity contribution in [1.82, 2.24) is 5.32 Å². The molecule has 0 heterocycles. The highest BCUT2D eigenvalue weighted by atomic mass is 16.6. The van der Waals surface area contributed by atoms with E-state index in [9.17, 15) is 9.59 Å². The minimum absolute atomic E-state index is 0.314. The summed E-state index contributed by atoms with van der Waals surface area (Å²) in [5, 5.41) is 2.68. The zero-order chi connectivity index (χ0) is 19.5. The second-order valence-corrected chi connectivity index (χ2v) is 5.62. The Hall–Kier alpha value is -3.28. The minimum atomic E-state index is -0.635. The van der Waals surface area contributed by atoms with Gasteiger partial charge in [0.2, 0.25) is 0 Å². The van der Waals surface area contributed by atoms with Crippen LogP contribution in [0.3, 0.4) is 0 Å². The maximum Gasteiger partial charge on any atom is 0.344 e. The van der Waals surface area contributed by atoms with Gasteiger partial charge in [-0.25, -0.2) is 4.79 Å². The van der Waals surface area contributed by atoms with Crippen molar-refractivity contribution in [2.75, 3.05) is 20.3 Å². The first kappa shape index (κ1) is 20.0. The summed E-state index contributed by atoms with van der Waals surface area (Å²) in [6.45, 7) is 1.63. The number of allylic oxidation sites excluding steroid dienone is 1. The molecular weight excluding hydrogens is 346 g/mol. The molecule has 0 saturated heterocycles. The van der Waals surface area contributed by atoms with Gasteiger partial charge in [0, 0.05) is 6.54 Å². The summed E-state index contributed by atoms with van der Waals surface area (Å²) >= 11 is 0. The van der Waals surface area contributed by atoms with Crippen molar-refractivity contribution in [2.24, 2.45) is 0 Å². The predicted molar refractivity (Wildman–Crippen MR) is 102 cm³/mol. The van der Waals surface area contributed by atoms with Gasteiger partial charge < -0.3 is 19.5 Å². The molecule has 2 aromatic rings. The zero-order valence-electron chi connectivity index (χ0n) is 15.4. The van der Waals surface area contributed by atoms with E-state index in [0.29, 0.717) is 18.0 Å². The average molecular weight is 369 g/mol. The van der Waals surface area contributed by atoms with Crippen LogP contribution in [0.2, 0.25) is 0 Å². The number of benzene rings is 2. The van der Waals surface area contributed by atoms with Gasteiger partial charge in [0.25, 0.3) is 5.91 Å². The lowest BCUT2D eigenvalue weighted by Crippen LogP contribution is -2.29. The van der Waals surface area contributed by atoms with Gasteiger partial charge in [-0.2, -0.15) is 0 Å². The lowest BCUT2D eigenvalue weighted by atomic mass is 10.2. The summed E-state index contributed by atoms with van der Waals surface area (Å²) in [4.78, 5) is 23.5. The highest BCUT2D eigenvalue weighted by Gasteiger charge is 2.11. The molecule has 0 atom stereocenters. The monoisotopic (exact) mass is 369 g/mol.